The summed E-state index contributed by atoms with van der Waals surface area (Å²) in [6.07, 6.45) is 4.17. The summed E-state index contributed by atoms with van der Waals surface area (Å²) < 4.78 is 38.9. The summed E-state index contributed by atoms with van der Waals surface area (Å²) in [4.78, 5) is 20.7. The summed E-state index contributed by atoms with van der Waals surface area (Å²) in [5, 5.41) is 14.6. The first-order valence-corrected chi connectivity index (χ1v) is 13.3. The molecule has 1 saturated heterocycles. The third-order valence-electron chi connectivity index (χ3n) is 7.20. The third kappa shape index (κ3) is 3.79. The number of halogens is 1. The van der Waals surface area contributed by atoms with E-state index < -0.39 is 15.1 Å². The lowest BCUT2D eigenvalue weighted by Crippen LogP contribution is -2.30. The second-order valence-corrected chi connectivity index (χ2v) is 10.8. The summed E-state index contributed by atoms with van der Waals surface area (Å²) in [6.45, 7) is 3.49. The monoisotopic (exact) mass is 515 g/mol. The van der Waals surface area contributed by atoms with Gasteiger partial charge in [0.05, 0.1) is 22.5 Å². The molecule has 1 fully saturated rings. The molecule has 6 rings (SSSR count). The molecule has 0 saturated carbocycles. The van der Waals surface area contributed by atoms with E-state index in [1.165, 1.54) is 12.3 Å². The molecule has 1 aliphatic heterocycles. The van der Waals surface area contributed by atoms with Gasteiger partial charge in [0, 0.05) is 40.3 Å². The zero-order chi connectivity index (χ0) is 25.9. The zero-order valence-corrected chi connectivity index (χ0v) is 20.7. The zero-order valence-electron chi connectivity index (χ0n) is 19.9. The molecule has 4 heterocycles. The lowest BCUT2D eigenvalue weighted by Gasteiger charge is -2.28. The molecule has 0 amide bonds. The molecule has 1 aliphatic rings. The summed E-state index contributed by atoms with van der Waals surface area (Å²) in [5.74, 6) is 0. The Kier molecular flexibility index (Phi) is 5.36. The fourth-order valence-electron chi connectivity index (χ4n) is 5.45. The van der Waals surface area contributed by atoms with Crippen LogP contribution in [0.1, 0.15) is 30.0 Å². The van der Waals surface area contributed by atoms with Gasteiger partial charge in [-0.15, -0.1) is 3.89 Å². The Hall–Kier alpha value is -4.07. The fraction of sp³-hybridized carbons (Fsp3) is 0.222. The molecule has 10 heteroatoms. The van der Waals surface area contributed by atoms with Crippen molar-refractivity contribution in [2.45, 2.75) is 30.7 Å². The van der Waals surface area contributed by atoms with Crippen molar-refractivity contribution in [3.63, 3.8) is 0 Å². The molecule has 0 bridgehead atoms. The van der Waals surface area contributed by atoms with Gasteiger partial charge in [0.15, 0.2) is 5.43 Å². The molecule has 0 radical (unpaired) electrons. The lowest BCUT2D eigenvalue weighted by atomic mass is 9.97. The number of pyridine rings is 2. The van der Waals surface area contributed by atoms with E-state index in [0.29, 0.717) is 44.1 Å². The van der Waals surface area contributed by atoms with Crippen LogP contribution in [0.5, 0.6) is 0 Å². The average molecular weight is 516 g/mol. The van der Waals surface area contributed by atoms with E-state index in [1.54, 1.807) is 12.1 Å². The Morgan fingerprint density at radius 1 is 1.11 bits per heavy atom. The number of benzene rings is 2. The molecular formula is C27H22FN5O3S. The van der Waals surface area contributed by atoms with Crippen molar-refractivity contribution >= 4 is 43.1 Å². The standard InChI is InChI=1S/C27H22FN5O3S/c1-15-8-22-24(11-21(15)17-10-19(14-31-13-17)37(28,35)36)33(18-4-6-30-7-5-18)27-25(26(22)34)20-3-2-16(12-29)9-23(20)32-27/h2-3,8-11,13-14,18,30,32H,4-7H2,1H3. The predicted octanol–water partition coefficient (Wildman–Crippen LogP) is 4.46. The number of aromatic amines is 1. The molecule has 5 aromatic rings. The number of nitriles is 1. The minimum absolute atomic E-state index is 0.0987. The van der Waals surface area contributed by atoms with Gasteiger partial charge in [-0.2, -0.15) is 13.7 Å². The topological polar surface area (TPSA) is 121 Å². The summed E-state index contributed by atoms with van der Waals surface area (Å²) in [6, 6.07) is 12.4. The van der Waals surface area contributed by atoms with Crippen LogP contribution in [0.25, 0.3) is 44.0 Å². The van der Waals surface area contributed by atoms with E-state index in [0.717, 1.165) is 43.1 Å². The summed E-state index contributed by atoms with van der Waals surface area (Å²) in [5.41, 5.74) is 4.31. The largest absolute Gasteiger partial charge is 0.340 e. The molecule has 0 atom stereocenters. The summed E-state index contributed by atoms with van der Waals surface area (Å²) >= 11 is 0. The smallest absolute Gasteiger partial charge is 0.333 e. The maximum absolute atomic E-state index is 13.9. The number of aromatic nitrogens is 3. The molecule has 3 aromatic heterocycles. The Labute approximate surface area is 211 Å². The van der Waals surface area contributed by atoms with E-state index in [-0.39, 0.29) is 11.5 Å². The van der Waals surface area contributed by atoms with Crippen LogP contribution in [-0.4, -0.2) is 36.0 Å². The van der Waals surface area contributed by atoms with Crippen molar-refractivity contribution in [2.24, 2.45) is 0 Å². The molecule has 186 valence electrons. The highest BCUT2D eigenvalue weighted by molar-refractivity contribution is 7.86. The van der Waals surface area contributed by atoms with Crippen LogP contribution >= 0.6 is 0 Å². The molecule has 8 nitrogen and oxygen atoms in total. The first kappa shape index (κ1) is 23.3. The van der Waals surface area contributed by atoms with Gasteiger partial charge >= 0.3 is 10.2 Å². The maximum Gasteiger partial charge on any atom is 0.333 e. The SMILES string of the molecule is Cc1cc2c(=O)c3c4ccc(C#N)cc4[nH]c3n(C3CCNCC3)c2cc1-c1cncc(S(=O)(=O)F)c1. The van der Waals surface area contributed by atoms with Crippen LogP contribution in [0, 0.1) is 18.3 Å². The van der Waals surface area contributed by atoms with Crippen LogP contribution in [0.2, 0.25) is 0 Å². The van der Waals surface area contributed by atoms with Crippen molar-refractivity contribution in [3.05, 3.63) is 70.1 Å². The number of nitrogens with zero attached hydrogens (tertiary/aromatic N) is 3. The number of hydrogen-bond acceptors (Lipinski definition) is 6. The van der Waals surface area contributed by atoms with Crippen LogP contribution in [0.15, 0.2) is 58.5 Å². The van der Waals surface area contributed by atoms with E-state index in [2.05, 4.69) is 25.9 Å². The van der Waals surface area contributed by atoms with Crippen molar-refractivity contribution in [3.8, 4) is 17.2 Å². The maximum atomic E-state index is 13.9. The second-order valence-electron chi connectivity index (χ2n) is 9.43. The Balaban J connectivity index is 1.72. The van der Waals surface area contributed by atoms with Crippen LogP contribution in [-0.2, 0) is 10.2 Å². The number of H-pyrrole nitrogens is 1. The Morgan fingerprint density at radius 2 is 1.89 bits per heavy atom. The number of fused-ring (bicyclic) bond motifs is 4. The van der Waals surface area contributed by atoms with Gasteiger partial charge in [0.25, 0.3) is 0 Å². The van der Waals surface area contributed by atoms with Gasteiger partial charge in [-0.1, -0.05) is 6.07 Å². The number of aryl methyl sites for hydroxylation is 1. The van der Waals surface area contributed by atoms with Crippen LogP contribution < -0.4 is 10.7 Å². The minimum Gasteiger partial charge on any atom is -0.340 e. The van der Waals surface area contributed by atoms with Gasteiger partial charge in [-0.05, 0) is 74.3 Å². The van der Waals surface area contributed by atoms with Crippen molar-refractivity contribution in [1.29, 1.82) is 5.26 Å². The second kappa shape index (κ2) is 8.50. The van der Waals surface area contributed by atoms with Gasteiger partial charge in [-0.3, -0.25) is 9.78 Å². The number of hydrogen-bond donors (Lipinski definition) is 2. The van der Waals surface area contributed by atoms with Crippen molar-refractivity contribution < 1.29 is 12.3 Å². The van der Waals surface area contributed by atoms with Crippen molar-refractivity contribution in [1.82, 2.24) is 19.9 Å². The number of rotatable bonds is 3. The molecule has 0 unspecified atom stereocenters. The lowest BCUT2D eigenvalue weighted by molar-refractivity contribution is 0.381. The molecule has 2 N–H and O–H groups in total. The highest BCUT2D eigenvalue weighted by atomic mass is 32.3. The molecule has 2 aromatic carbocycles. The van der Waals surface area contributed by atoms with Crippen LogP contribution in [0.3, 0.4) is 0 Å². The molecular weight excluding hydrogens is 493 g/mol. The summed E-state index contributed by atoms with van der Waals surface area (Å²) in [7, 11) is -4.92. The number of nitrogens with one attached hydrogen (secondary N) is 2. The first-order chi connectivity index (χ1) is 17.8. The molecule has 0 aliphatic carbocycles. The molecule has 0 spiro atoms. The van der Waals surface area contributed by atoms with Crippen molar-refractivity contribution in [2.75, 3.05) is 13.1 Å². The fourth-order valence-corrected chi connectivity index (χ4v) is 5.91. The van der Waals surface area contributed by atoms with Crippen LogP contribution in [0.4, 0.5) is 3.89 Å². The average Bonchev–Trinajstić information content (AvgIpc) is 3.27. The van der Waals surface area contributed by atoms with E-state index >= 15 is 0 Å². The quantitative estimate of drug-likeness (QED) is 0.342. The Bertz CT molecular complexity index is 1950. The van der Waals surface area contributed by atoms with Gasteiger partial charge in [0.2, 0.25) is 0 Å². The predicted molar refractivity (Wildman–Crippen MR) is 140 cm³/mol. The van der Waals surface area contributed by atoms with Gasteiger partial charge in [-0.25, -0.2) is 0 Å². The third-order valence-corrected chi connectivity index (χ3v) is 7.99. The van der Waals surface area contributed by atoms with Gasteiger partial charge < -0.3 is 14.9 Å². The minimum atomic E-state index is -4.92. The highest BCUT2D eigenvalue weighted by Crippen LogP contribution is 2.35. The highest BCUT2D eigenvalue weighted by Gasteiger charge is 2.24. The normalized spacial score (nSPS) is 14.9. The van der Waals surface area contributed by atoms with Gasteiger partial charge in [0.1, 0.15) is 10.5 Å². The van der Waals surface area contributed by atoms with E-state index in [4.69, 9.17) is 0 Å². The molecule has 37 heavy (non-hydrogen) atoms. The first-order valence-electron chi connectivity index (χ1n) is 11.9. The Morgan fingerprint density at radius 3 is 2.62 bits per heavy atom. The van der Waals surface area contributed by atoms with E-state index in [1.807, 2.05) is 25.1 Å². The van der Waals surface area contributed by atoms with E-state index in [9.17, 15) is 22.4 Å². The number of piperidine rings is 1.